The van der Waals surface area contributed by atoms with E-state index in [-0.39, 0.29) is 5.91 Å². The first kappa shape index (κ1) is 17.5. The fraction of sp³-hybridized carbons (Fsp3) is 0.381. The number of carbonyl (C=O) groups is 1. The van der Waals surface area contributed by atoms with Gasteiger partial charge in [-0.05, 0) is 36.8 Å². The molecule has 27 heavy (non-hydrogen) atoms. The molecule has 1 saturated heterocycles. The highest BCUT2D eigenvalue weighted by atomic mass is 16.1. The largest absolute Gasteiger partial charge is 0.361 e. The Hall–Kier alpha value is -2.89. The molecule has 0 unspecified atom stereocenters. The van der Waals surface area contributed by atoms with Crippen LogP contribution in [0.4, 0.5) is 5.95 Å². The minimum Gasteiger partial charge on any atom is -0.361 e. The Morgan fingerprint density at radius 1 is 1.22 bits per heavy atom. The van der Waals surface area contributed by atoms with E-state index in [1.165, 1.54) is 23.8 Å². The van der Waals surface area contributed by atoms with E-state index in [9.17, 15) is 4.79 Å². The van der Waals surface area contributed by atoms with Gasteiger partial charge in [-0.1, -0.05) is 25.1 Å². The van der Waals surface area contributed by atoms with Gasteiger partial charge in [-0.15, -0.1) is 0 Å². The number of nitrogens with one attached hydrogen (secondary N) is 2. The fourth-order valence-corrected chi connectivity index (χ4v) is 3.56. The summed E-state index contributed by atoms with van der Waals surface area (Å²) in [5.41, 5.74) is 2.83. The quantitative estimate of drug-likeness (QED) is 0.730. The smallest absolute Gasteiger partial charge is 0.254 e. The van der Waals surface area contributed by atoms with Gasteiger partial charge in [0, 0.05) is 49.1 Å². The lowest BCUT2D eigenvalue weighted by Crippen LogP contribution is -2.34. The molecule has 2 N–H and O–H groups in total. The van der Waals surface area contributed by atoms with Crippen LogP contribution in [-0.2, 0) is 6.42 Å². The van der Waals surface area contributed by atoms with Crippen molar-refractivity contribution in [2.45, 2.75) is 26.2 Å². The molecule has 0 saturated carbocycles. The lowest BCUT2D eigenvalue weighted by molar-refractivity contribution is 0.0953. The average molecular weight is 363 g/mol. The van der Waals surface area contributed by atoms with Gasteiger partial charge in [0.1, 0.15) is 0 Å². The van der Waals surface area contributed by atoms with Crippen LogP contribution < -0.4 is 10.2 Å². The molecule has 0 spiro atoms. The van der Waals surface area contributed by atoms with E-state index in [1.54, 1.807) is 12.4 Å². The van der Waals surface area contributed by atoms with Crippen molar-refractivity contribution in [1.82, 2.24) is 20.3 Å². The van der Waals surface area contributed by atoms with E-state index in [4.69, 9.17) is 0 Å². The van der Waals surface area contributed by atoms with Gasteiger partial charge < -0.3 is 15.2 Å². The summed E-state index contributed by atoms with van der Waals surface area (Å²) in [6, 6.07) is 8.19. The number of hydrogen-bond acceptors (Lipinski definition) is 4. The molecule has 0 bridgehead atoms. The van der Waals surface area contributed by atoms with E-state index >= 15 is 0 Å². The Morgan fingerprint density at radius 2 is 1.96 bits per heavy atom. The van der Waals surface area contributed by atoms with Crippen molar-refractivity contribution >= 4 is 22.8 Å². The molecule has 2 aromatic heterocycles. The summed E-state index contributed by atoms with van der Waals surface area (Å²) in [6.45, 7) is 4.82. The molecule has 0 radical (unpaired) electrons. The van der Waals surface area contributed by atoms with Crippen LogP contribution in [0.1, 0.15) is 35.7 Å². The van der Waals surface area contributed by atoms with Gasteiger partial charge in [-0.25, -0.2) is 9.97 Å². The predicted molar refractivity (Wildman–Crippen MR) is 107 cm³/mol. The number of aromatic nitrogens is 3. The van der Waals surface area contributed by atoms with Gasteiger partial charge in [0.15, 0.2) is 0 Å². The molecule has 6 nitrogen and oxygen atoms in total. The van der Waals surface area contributed by atoms with Crippen LogP contribution in [0.25, 0.3) is 10.9 Å². The van der Waals surface area contributed by atoms with Crippen molar-refractivity contribution in [3.8, 4) is 0 Å². The number of amides is 1. The summed E-state index contributed by atoms with van der Waals surface area (Å²) in [5.74, 6) is 1.36. The maximum absolute atomic E-state index is 12.4. The van der Waals surface area contributed by atoms with Crippen molar-refractivity contribution in [1.29, 1.82) is 0 Å². The zero-order valence-electron chi connectivity index (χ0n) is 15.6. The SMILES string of the molecule is CC1CCN(c2ncc(C(=O)NCCc3c[nH]c4ccccc34)cn2)CC1. The van der Waals surface area contributed by atoms with Gasteiger partial charge in [-0.3, -0.25) is 4.79 Å². The number of carbonyl (C=O) groups excluding carboxylic acids is 1. The van der Waals surface area contributed by atoms with Crippen LogP contribution in [0.3, 0.4) is 0 Å². The van der Waals surface area contributed by atoms with Crippen LogP contribution in [-0.4, -0.2) is 40.5 Å². The highest BCUT2D eigenvalue weighted by Gasteiger charge is 2.18. The van der Waals surface area contributed by atoms with Crippen LogP contribution in [0.5, 0.6) is 0 Å². The zero-order chi connectivity index (χ0) is 18.6. The number of piperidine rings is 1. The number of para-hydroxylation sites is 1. The predicted octanol–water partition coefficient (Wildman–Crippen LogP) is 3.17. The van der Waals surface area contributed by atoms with Crippen LogP contribution >= 0.6 is 0 Å². The summed E-state index contributed by atoms with van der Waals surface area (Å²) in [7, 11) is 0. The zero-order valence-corrected chi connectivity index (χ0v) is 15.6. The Labute approximate surface area is 159 Å². The second kappa shape index (κ2) is 7.78. The summed E-state index contributed by atoms with van der Waals surface area (Å²) in [6.07, 6.45) is 8.37. The third kappa shape index (κ3) is 3.94. The van der Waals surface area contributed by atoms with Crippen molar-refractivity contribution in [2.75, 3.05) is 24.5 Å². The number of nitrogens with zero attached hydrogens (tertiary/aromatic N) is 3. The molecular formula is C21H25N5O. The number of benzene rings is 1. The summed E-state index contributed by atoms with van der Waals surface area (Å²) in [5, 5.41) is 4.16. The first-order valence-corrected chi connectivity index (χ1v) is 9.61. The van der Waals surface area contributed by atoms with Crippen LogP contribution in [0.15, 0.2) is 42.9 Å². The minimum absolute atomic E-state index is 0.131. The number of aromatic amines is 1. The number of rotatable bonds is 5. The molecule has 0 aliphatic carbocycles. The molecule has 1 aliphatic rings. The molecular weight excluding hydrogens is 338 g/mol. The third-order valence-corrected chi connectivity index (χ3v) is 5.32. The average Bonchev–Trinajstić information content (AvgIpc) is 3.12. The number of H-pyrrole nitrogens is 1. The Bertz CT molecular complexity index is 910. The topological polar surface area (TPSA) is 73.9 Å². The standard InChI is InChI=1S/C21H25N5O/c1-15-7-10-26(11-8-15)21-24-13-17(14-25-21)20(27)22-9-6-16-12-23-19-5-3-2-4-18(16)19/h2-5,12-15,23H,6-11H2,1H3,(H,22,27). The van der Waals surface area contributed by atoms with Crippen LogP contribution in [0.2, 0.25) is 0 Å². The normalized spacial score (nSPS) is 15.2. The van der Waals surface area contributed by atoms with Crippen LogP contribution in [0, 0.1) is 5.92 Å². The van der Waals surface area contributed by atoms with Crippen molar-refractivity contribution in [3.05, 3.63) is 54.0 Å². The molecule has 3 aromatic rings. The maximum atomic E-state index is 12.4. The van der Waals surface area contributed by atoms with Crippen molar-refractivity contribution < 1.29 is 4.79 Å². The molecule has 1 aromatic carbocycles. The Balaban J connectivity index is 1.32. The van der Waals surface area contributed by atoms with E-state index in [1.807, 2.05) is 18.3 Å². The second-order valence-electron chi connectivity index (χ2n) is 7.31. The van der Waals surface area contributed by atoms with Gasteiger partial charge in [-0.2, -0.15) is 0 Å². The molecule has 6 heteroatoms. The lowest BCUT2D eigenvalue weighted by atomic mass is 10.00. The maximum Gasteiger partial charge on any atom is 0.254 e. The summed E-state index contributed by atoms with van der Waals surface area (Å²) < 4.78 is 0. The van der Waals surface area contributed by atoms with Gasteiger partial charge in [0.2, 0.25) is 5.95 Å². The number of anilines is 1. The third-order valence-electron chi connectivity index (χ3n) is 5.32. The lowest BCUT2D eigenvalue weighted by Gasteiger charge is -2.30. The highest BCUT2D eigenvalue weighted by Crippen LogP contribution is 2.20. The fourth-order valence-electron chi connectivity index (χ4n) is 3.56. The molecule has 1 amide bonds. The number of fused-ring (bicyclic) bond motifs is 1. The van der Waals surface area contributed by atoms with E-state index < -0.39 is 0 Å². The number of hydrogen-bond donors (Lipinski definition) is 2. The monoisotopic (exact) mass is 363 g/mol. The van der Waals surface area contributed by atoms with E-state index in [0.717, 1.165) is 36.9 Å². The Kier molecular flexibility index (Phi) is 5.05. The first-order chi connectivity index (χ1) is 13.2. The van der Waals surface area contributed by atoms with Crippen molar-refractivity contribution in [3.63, 3.8) is 0 Å². The van der Waals surface area contributed by atoms with Crippen molar-refractivity contribution in [2.24, 2.45) is 5.92 Å². The van der Waals surface area contributed by atoms with E-state index in [2.05, 4.69) is 44.2 Å². The van der Waals surface area contributed by atoms with Gasteiger partial charge >= 0.3 is 0 Å². The molecule has 4 rings (SSSR count). The highest BCUT2D eigenvalue weighted by molar-refractivity contribution is 5.93. The second-order valence-corrected chi connectivity index (χ2v) is 7.31. The molecule has 140 valence electrons. The minimum atomic E-state index is -0.131. The molecule has 0 atom stereocenters. The van der Waals surface area contributed by atoms with Gasteiger partial charge in [0.25, 0.3) is 5.91 Å². The summed E-state index contributed by atoms with van der Waals surface area (Å²) >= 11 is 0. The molecule has 1 fully saturated rings. The molecule has 3 heterocycles. The summed E-state index contributed by atoms with van der Waals surface area (Å²) in [4.78, 5) is 26.6. The molecule has 1 aliphatic heterocycles. The first-order valence-electron chi connectivity index (χ1n) is 9.61. The van der Waals surface area contributed by atoms with E-state index in [0.29, 0.717) is 12.1 Å². The Morgan fingerprint density at radius 3 is 2.74 bits per heavy atom. The van der Waals surface area contributed by atoms with Gasteiger partial charge in [0.05, 0.1) is 5.56 Å².